The number of hydrogen-bond donors (Lipinski definition) is 3. The van der Waals surface area contributed by atoms with Crippen LogP contribution in [0.5, 0.6) is 0 Å². The zero-order valence-electron chi connectivity index (χ0n) is 15.2. The molecule has 0 amide bonds. The summed E-state index contributed by atoms with van der Waals surface area (Å²) in [6.07, 6.45) is -5.78. The maximum absolute atomic E-state index is 13.2. The Bertz CT molecular complexity index is 998. The van der Waals surface area contributed by atoms with Crippen LogP contribution in [0.1, 0.15) is 5.56 Å². The van der Waals surface area contributed by atoms with Gasteiger partial charge in [-0.05, 0) is 24.3 Å². The van der Waals surface area contributed by atoms with Crippen molar-refractivity contribution in [3.8, 4) is 0 Å². The Morgan fingerprint density at radius 1 is 0.806 bits per heavy atom. The third-order valence-electron chi connectivity index (χ3n) is 3.30. The van der Waals surface area contributed by atoms with Gasteiger partial charge >= 0.3 is 18.3 Å². The van der Waals surface area contributed by atoms with Gasteiger partial charge in [-0.2, -0.15) is 26.3 Å². The summed E-state index contributed by atoms with van der Waals surface area (Å²) in [4.78, 5) is 20.7. The molecule has 0 bridgehead atoms. The van der Waals surface area contributed by atoms with E-state index in [0.29, 0.717) is 11.6 Å². The van der Waals surface area contributed by atoms with Crippen LogP contribution in [-0.2, 0) is 11.0 Å². The van der Waals surface area contributed by atoms with Crippen LogP contribution >= 0.6 is 0 Å². The molecule has 7 nitrogen and oxygen atoms in total. The molecule has 3 rings (SSSR count). The summed E-state index contributed by atoms with van der Waals surface area (Å²) in [5, 5.41) is 12.7. The van der Waals surface area contributed by atoms with Gasteiger partial charge in [0.2, 0.25) is 0 Å². The molecule has 0 radical (unpaired) electrons. The summed E-state index contributed by atoms with van der Waals surface area (Å²) in [5.74, 6) is -1.74. The summed E-state index contributed by atoms with van der Waals surface area (Å²) in [7, 11) is 0. The summed E-state index contributed by atoms with van der Waals surface area (Å²) in [5.41, 5.74) is -1.02. The van der Waals surface area contributed by atoms with Gasteiger partial charge in [-0.15, -0.1) is 0 Å². The lowest BCUT2D eigenvalue weighted by Crippen LogP contribution is -2.21. The van der Waals surface area contributed by atoms with E-state index in [1.807, 2.05) is 0 Å². The van der Waals surface area contributed by atoms with Gasteiger partial charge in [-0.25, -0.2) is 19.7 Å². The lowest BCUT2D eigenvalue weighted by molar-refractivity contribution is -0.192. The smallest absolute Gasteiger partial charge is 0.475 e. The minimum Gasteiger partial charge on any atom is -0.475 e. The van der Waals surface area contributed by atoms with Crippen LogP contribution < -0.4 is 10.6 Å². The quantitative estimate of drug-likeness (QED) is 0.486. The van der Waals surface area contributed by atoms with E-state index in [-0.39, 0.29) is 11.5 Å². The highest BCUT2D eigenvalue weighted by Gasteiger charge is 2.38. The number of alkyl halides is 6. The van der Waals surface area contributed by atoms with Crippen LogP contribution in [0.2, 0.25) is 0 Å². The van der Waals surface area contributed by atoms with Crippen molar-refractivity contribution in [3.05, 3.63) is 66.6 Å². The second-order valence-electron chi connectivity index (χ2n) is 5.60. The highest BCUT2D eigenvalue weighted by atomic mass is 19.4. The Morgan fingerprint density at radius 3 is 1.74 bits per heavy atom. The number of carboxylic acids is 1. The van der Waals surface area contributed by atoms with Crippen LogP contribution in [0.15, 0.2) is 61.1 Å². The Labute approximate surface area is 170 Å². The molecule has 0 aliphatic carbocycles. The fourth-order valence-electron chi connectivity index (χ4n) is 2.00. The minimum atomic E-state index is -5.08. The first-order valence-electron chi connectivity index (χ1n) is 8.20. The third kappa shape index (κ3) is 7.45. The van der Waals surface area contributed by atoms with Gasteiger partial charge in [0.25, 0.3) is 0 Å². The number of nitrogens with one attached hydrogen (secondary N) is 2. The molecule has 0 aromatic carbocycles. The maximum Gasteiger partial charge on any atom is 0.490 e. The SMILES string of the molecule is FC(F)(F)c1cnc(Nc2ccccn2)cc1Nc1ccccn1.O=C(O)C(F)(F)F. The Hall–Kier alpha value is -3.90. The second kappa shape index (κ2) is 9.73. The summed E-state index contributed by atoms with van der Waals surface area (Å²) in [6.45, 7) is 0. The molecule has 0 saturated heterocycles. The predicted octanol–water partition coefficient (Wildman–Crippen LogP) is 5.01. The number of rotatable bonds is 4. The molecule has 3 N–H and O–H groups in total. The molecule has 3 heterocycles. The molecule has 3 aromatic heterocycles. The van der Waals surface area contributed by atoms with Gasteiger partial charge in [0, 0.05) is 24.7 Å². The zero-order valence-corrected chi connectivity index (χ0v) is 15.2. The van der Waals surface area contributed by atoms with Crippen molar-refractivity contribution < 1.29 is 36.2 Å². The molecule has 0 saturated carbocycles. The molecule has 13 heteroatoms. The molecule has 31 heavy (non-hydrogen) atoms. The van der Waals surface area contributed by atoms with Gasteiger partial charge < -0.3 is 15.7 Å². The van der Waals surface area contributed by atoms with Crippen LogP contribution in [0.3, 0.4) is 0 Å². The minimum absolute atomic E-state index is 0.144. The van der Waals surface area contributed by atoms with Gasteiger partial charge in [0.05, 0.1) is 11.3 Å². The summed E-state index contributed by atoms with van der Waals surface area (Å²) in [6, 6.07) is 11.4. The van der Waals surface area contributed by atoms with E-state index in [9.17, 15) is 26.3 Å². The van der Waals surface area contributed by atoms with Crippen LogP contribution in [0.4, 0.5) is 49.5 Å². The van der Waals surface area contributed by atoms with Crippen molar-refractivity contribution in [2.24, 2.45) is 0 Å². The number of aromatic nitrogens is 3. The average Bonchev–Trinajstić information content (AvgIpc) is 2.68. The number of halogens is 6. The highest BCUT2D eigenvalue weighted by Crippen LogP contribution is 2.36. The Balaban J connectivity index is 0.000000423. The zero-order chi connectivity index (χ0) is 23.1. The molecule has 0 unspecified atom stereocenters. The van der Waals surface area contributed by atoms with E-state index in [4.69, 9.17) is 9.90 Å². The molecule has 3 aromatic rings. The summed E-state index contributed by atoms with van der Waals surface area (Å²) >= 11 is 0. The fraction of sp³-hybridized carbons (Fsp3) is 0.111. The number of hydrogen-bond acceptors (Lipinski definition) is 6. The molecule has 164 valence electrons. The fourth-order valence-corrected chi connectivity index (χ4v) is 2.00. The molecule has 0 aliphatic rings. The van der Waals surface area contributed by atoms with Crippen molar-refractivity contribution in [2.45, 2.75) is 12.4 Å². The molecule has 0 aliphatic heterocycles. The average molecular weight is 445 g/mol. The van der Waals surface area contributed by atoms with Gasteiger partial charge in [-0.3, -0.25) is 0 Å². The van der Waals surface area contributed by atoms with Crippen molar-refractivity contribution in [1.82, 2.24) is 15.0 Å². The van der Waals surface area contributed by atoms with Crippen molar-refractivity contribution in [2.75, 3.05) is 10.6 Å². The van der Waals surface area contributed by atoms with E-state index in [1.54, 1.807) is 42.6 Å². The van der Waals surface area contributed by atoms with E-state index in [0.717, 1.165) is 6.20 Å². The number of nitrogens with zero attached hydrogens (tertiary/aromatic N) is 3. The predicted molar refractivity (Wildman–Crippen MR) is 98.0 cm³/mol. The van der Waals surface area contributed by atoms with E-state index >= 15 is 0 Å². The normalized spacial score (nSPS) is 11.2. The topological polar surface area (TPSA) is 100 Å². The first-order chi connectivity index (χ1) is 14.5. The van der Waals surface area contributed by atoms with E-state index in [2.05, 4.69) is 25.6 Å². The highest BCUT2D eigenvalue weighted by molar-refractivity contribution is 5.73. The largest absolute Gasteiger partial charge is 0.490 e. The van der Waals surface area contributed by atoms with E-state index in [1.165, 1.54) is 12.3 Å². The van der Waals surface area contributed by atoms with Crippen LogP contribution in [0.25, 0.3) is 0 Å². The maximum atomic E-state index is 13.2. The lowest BCUT2D eigenvalue weighted by Gasteiger charge is -2.15. The first kappa shape index (κ1) is 23.4. The molecule has 0 atom stereocenters. The van der Waals surface area contributed by atoms with Crippen LogP contribution in [-0.4, -0.2) is 32.2 Å². The van der Waals surface area contributed by atoms with Gasteiger partial charge in [0.1, 0.15) is 17.5 Å². The van der Waals surface area contributed by atoms with E-state index < -0.39 is 23.9 Å². The lowest BCUT2D eigenvalue weighted by atomic mass is 10.2. The Morgan fingerprint density at radius 2 is 1.32 bits per heavy atom. The van der Waals surface area contributed by atoms with Crippen molar-refractivity contribution in [1.29, 1.82) is 0 Å². The summed E-state index contributed by atoms with van der Waals surface area (Å²) < 4.78 is 71.3. The number of aliphatic carboxylic acids is 1. The van der Waals surface area contributed by atoms with Gasteiger partial charge in [0.15, 0.2) is 0 Å². The third-order valence-corrected chi connectivity index (χ3v) is 3.30. The molecule has 0 spiro atoms. The number of carbonyl (C=O) groups is 1. The number of anilines is 4. The second-order valence-corrected chi connectivity index (χ2v) is 5.60. The van der Waals surface area contributed by atoms with Gasteiger partial charge in [-0.1, -0.05) is 12.1 Å². The Kier molecular flexibility index (Phi) is 7.34. The standard InChI is InChI=1S/C16H12F3N5.C2HF3O2/c17-16(18,19)11-10-22-15(24-14-6-2-4-8-21-14)9-12(11)23-13-5-1-3-7-20-13;3-2(4,5)1(6)7/h1-10H,(H2,20,21,22,23,24);(H,6,7). The molecule has 0 fully saturated rings. The van der Waals surface area contributed by atoms with Crippen molar-refractivity contribution in [3.63, 3.8) is 0 Å². The first-order valence-corrected chi connectivity index (χ1v) is 8.20. The monoisotopic (exact) mass is 445 g/mol. The molecular formula is C18H13F6N5O2. The van der Waals surface area contributed by atoms with Crippen LogP contribution in [0, 0.1) is 0 Å². The van der Waals surface area contributed by atoms with Crippen molar-refractivity contribution >= 4 is 29.1 Å². The number of carboxylic acid groups (broad SMARTS) is 1. The number of pyridine rings is 3. The molecular weight excluding hydrogens is 432 g/mol.